The predicted molar refractivity (Wildman–Crippen MR) is 114 cm³/mol. The Labute approximate surface area is 177 Å². The largest absolute Gasteiger partial charge is 0.462 e. The Morgan fingerprint density at radius 2 is 1.89 bits per heavy atom. The fraction of sp³-hybridized carbons (Fsp3) is 0.333. The number of esters is 1. The van der Waals surface area contributed by atoms with Gasteiger partial charge in [-0.3, -0.25) is 9.59 Å². The average molecular weight is 468 g/mol. The van der Waals surface area contributed by atoms with E-state index in [0.29, 0.717) is 21.4 Å². The van der Waals surface area contributed by atoms with Gasteiger partial charge in [-0.05, 0) is 60.5 Å². The van der Waals surface area contributed by atoms with Crippen LogP contribution in [-0.2, 0) is 9.53 Å². The second-order valence-corrected chi connectivity index (χ2v) is 8.56. The Balaban J connectivity index is 2.23. The molecule has 1 unspecified atom stereocenters. The van der Waals surface area contributed by atoms with Gasteiger partial charge in [0.2, 0.25) is 0 Å². The number of anilines is 1. The molecule has 7 heteroatoms. The number of nitrogens with one attached hydrogen (secondary N) is 1. The Kier molecular flexibility index (Phi) is 8.51. The van der Waals surface area contributed by atoms with Crippen molar-refractivity contribution in [3.05, 3.63) is 58.3 Å². The first-order valence-corrected chi connectivity index (χ1v) is 10.7. The molecule has 0 aliphatic heterocycles. The maximum absolute atomic E-state index is 14.4. The first-order chi connectivity index (χ1) is 13.3. The third-order valence-corrected chi connectivity index (χ3v) is 5.96. The van der Waals surface area contributed by atoms with Crippen molar-refractivity contribution in [1.82, 2.24) is 0 Å². The lowest BCUT2D eigenvalue weighted by atomic mass is 10.2. The summed E-state index contributed by atoms with van der Waals surface area (Å²) in [6.45, 7) is 5.59. The third-order valence-electron chi connectivity index (χ3n) is 3.74. The van der Waals surface area contributed by atoms with Crippen LogP contribution in [0.15, 0.2) is 51.8 Å². The van der Waals surface area contributed by atoms with Gasteiger partial charge in [-0.25, -0.2) is 4.39 Å². The lowest BCUT2D eigenvalue weighted by Gasteiger charge is -2.18. The van der Waals surface area contributed by atoms with Gasteiger partial charge < -0.3 is 10.1 Å². The highest BCUT2D eigenvalue weighted by molar-refractivity contribution is 9.10. The number of hydrogen-bond donors (Lipinski definition) is 1. The van der Waals surface area contributed by atoms with E-state index in [2.05, 4.69) is 21.2 Å². The summed E-state index contributed by atoms with van der Waals surface area (Å²) in [6.07, 6.45) is 1.23. The molecule has 0 saturated heterocycles. The fourth-order valence-electron chi connectivity index (χ4n) is 2.45. The van der Waals surface area contributed by atoms with E-state index in [-0.39, 0.29) is 17.8 Å². The van der Waals surface area contributed by atoms with Gasteiger partial charge in [0, 0.05) is 14.9 Å². The van der Waals surface area contributed by atoms with Gasteiger partial charge in [0.05, 0.1) is 11.8 Å². The van der Waals surface area contributed by atoms with Gasteiger partial charge >= 0.3 is 5.97 Å². The van der Waals surface area contributed by atoms with Gasteiger partial charge in [-0.2, -0.15) is 0 Å². The molecular weight excluding hydrogens is 445 g/mol. The van der Waals surface area contributed by atoms with Crippen molar-refractivity contribution >= 4 is 45.3 Å². The molecular formula is C21H23BrFNO3S. The molecule has 1 atom stereocenters. The number of amides is 1. The molecule has 0 aliphatic carbocycles. The number of hydrogen-bond acceptors (Lipinski definition) is 4. The molecule has 0 radical (unpaired) electrons. The fourth-order valence-corrected chi connectivity index (χ4v) is 4.21. The van der Waals surface area contributed by atoms with Crippen molar-refractivity contribution in [2.45, 2.75) is 49.9 Å². The maximum Gasteiger partial charge on any atom is 0.319 e. The molecule has 1 N–H and O–H groups in total. The second-order valence-electron chi connectivity index (χ2n) is 6.46. The van der Waals surface area contributed by atoms with Crippen LogP contribution in [0.4, 0.5) is 10.1 Å². The number of carbonyl (C=O) groups excluding carboxylic acids is 2. The van der Waals surface area contributed by atoms with Crippen LogP contribution in [0.5, 0.6) is 0 Å². The van der Waals surface area contributed by atoms with Crippen molar-refractivity contribution in [3.63, 3.8) is 0 Å². The number of ether oxygens (including phenoxy) is 1. The summed E-state index contributed by atoms with van der Waals surface area (Å²) in [5.41, 5.74) is 0.496. The lowest BCUT2D eigenvalue weighted by Crippen LogP contribution is -2.23. The molecule has 4 nitrogen and oxygen atoms in total. The normalized spacial score (nSPS) is 11.9. The molecule has 0 aliphatic rings. The number of rotatable bonds is 8. The monoisotopic (exact) mass is 467 g/mol. The molecule has 2 aromatic rings. The first-order valence-electron chi connectivity index (χ1n) is 9.04. The predicted octanol–water partition coefficient (Wildman–Crippen LogP) is 6.05. The first kappa shape index (κ1) is 22.4. The Hall–Kier alpha value is -1.86. The quantitative estimate of drug-likeness (QED) is 0.379. The molecule has 0 aromatic heterocycles. The van der Waals surface area contributed by atoms with Crippen molar-refractivity contribution in [1.29, 1.82) is 0 Å². The minimum Gasteiger partial charge on any atom is -0.462 e. The average Bonchev–Trinajstić information content (AvgIpc) is 2.65. The Morgan fingerprint density at radius 1 is 1.21 bits per heavy atom. The van der Waals surface area contributed by atoms with Crippen LogP contribution in [0.2, 0.25) is 0 Å². The van der Waals surface area contributed by atoms with Crippen LogP contribution in [0.1, 0.15) is 44.0 Å². The highest BCUT2D eigenvalue weighted by Crippen LogP contribution is 2.36. The van der Waals surface area contributed by atoms with Crippen molar-refractivity contribution in [3.8, 4) is 0 Å². The number of halogens is 2. The zero-order valence-corrected chi connectivity index (χ0v) is 18.4. The van der Waals surface area contributed by atoms with Crippen LogP contribution in [0.3, 0.4) is 0 Å². The van der Waals surface area contributed by atoms with E-state index in [1.54, 1.807) is 44.2 Å². The van der Waals surface area contributed by atoms with Crippen LogP contribution in [0.25, 0.3) is 0 Å². The summed E-state index contributed by atoms with van der Waals surface area (Å²) >= 11 is 4.64. The Morgan fingerprint density at radius 3 is 2.50 bits per heavy atom. The Bertz CT molecular complexity index is 830. The van der Waals surface area contributed by atoms with Crippen LogP contribution in [0, 0.1) is 5.82 Å². The van der Waals surface area contributed by atoms with Crippen molar-refractivity contribution in [2.75, 3.05) is 5.32 Å². The SMILES string of the molecule is CCCC(Sc1cc(NC(=O)c2ccccc2)c(F)cc1Br)C(=O)OC(C)C. The molecule has 2 rings (SSSR count). The lowest BCUT2D eigenvalue weighted by molar-refractivity contribution is -0.146. The molecule has 150 valence electrons. The van der Waals surface area contributed by atoms with E-state index in [1.165, 1.54) is 23.9 Å². The van der Waals surface area contributed by atoms with Crippen molar-refractivity contribution in [2.24, 2.45) is 0 Å². The summed E-state index contributed by atoms with van der Waals surface area (Å²) in [6, 6.07) is 11.4. The minimum atomic E-state index is -0.558. The van der Waals surface area contributed by atoms with E-state index < -0.39 is 17.0 Å². The zero-order valence-electron chi connectivity index (χ0n) is 16.0. The van der Waals surface area contributed by atoms with E-state index >= 15 is 0 Å². The second kappa shape index (κ2) is 10.6. The third kappa shape index (κ3) is 6.34. The number of thioether (sulfide) groups is 1. The van der Waals surface area contributed by atoms with Crippen LogP contribution >= 0.6 is 27.7 Å². The zero-order chi connectivity index (χ0) is 20.7. The summed E-state index contributed by atoms with van der Waals surface area (Å²) in [7, 11) is 0. The molecule has 0 spiro atoms. The van der Waals surface area contributed by atoms with E-state index in [0.717, 1.165) is 6.42 Å². The summed E-state index contributed by atoms with van der Waals surface area (Å²) in [4.78, 5) is 25.4. The van der Waals surface area contributed by atoms with Crippen LogP contribution < -0.4 is 5.32 Å². The summed E-state index contributed by atoms with van der Waals surface area (Å²) < 4.78 is 20.2. The highest BCUT2D eigenvalue weighted by atomic mass is 79.9. The number of benzene rings is 2. The van der Waals surface area contributed by atoms with E-state index in [1.807, 2.05) is 6.92 Å². The highest BCUT2D eigenvalue weighted by Gasteiger charge is 2.23. The smallest absolute Gasteiger partial charge is 0.319 e. The van der Waals surface area contributed by atoms with Crippen LogP contribution in [-0.4, -0.2) is 23.2 Å². The number of carbonyl (C=O) groups is 2. The molecule has 0 bridgehead atoms. The molecule has 1 amide bonds. The molecule has 0 fully saturated rings. The topological polar surface area (TPSA) is 55.4 Å². The molecule has 0 saturated carbocycles. The van der Waals surface area contributed by atoms with Crippen molar-refractivity contribution < 1.29 is 18.7 Å². The standard InChI is InChI=1S/C21H23BrFNO3S/c1-4-8-18(21(26)27-13(2)3)28-19-12-17(16(23)11-15(19)22)24-20(25)14-9-6-5-7-10-14/h5-7,9-13,18H,4,8H2,1-3H3,(H,24,25). The molecule has 0 heterocycles. The van der Waals surface area contributed by atoms with E-state index in [4.69, 9.17) is 4.74 Å². The van der Waals surface area contributed by atoms with Gasteiger partial charge in [0.25, 0.3) is 5.91 Å². The van der Waals surface area contributed by atoms with Gasteiger partial charge in [-0.1, -0.05) is 31.5 Å². The summed E-state index contributed by atoms with van der Waals surface area (Å²) in [5, 5.41) is 2.19. The van der Waals surface area contributed by atoms with Gasteiger partial charge in [0.15, 0.2) is 0 Å². The van der Waals surface area contributed by atoms with E-state index in [9.17, 15) is 14.0 Å². The summed E-state index contributed by atoms with van der Waals surface area (Å²) in [5.74, 6) is -1.26. The molecule has 28 heavy (non-hydrogen) atoms. The molecule has 2 aromatic carbocycles. The van der Waals surface area contributed by atoms with Gasteiger partial charge in [0.1, 0.15) is 11.1 Å². The maximum atomic E-state index is 14.4. The van der Waals surface area contributed by atoms with Gasteiger partial charge in [-0.15, -0.1) is 11.8 Å². The minimum absolute atomic E-state index is 0.0621.